The maximum Gasteiger partial charge on any atom is 0.263 e. The molecule has 0 aliphatic heterocycles. The molecule has 1 aromatic rings. The monoisotopic (exact) mass is 182 g/mol. The lowest BCUT2D eigenvalue weighted by Crippen LogP contribution is -1.95. The van der Waals surface area contributed by atoms with Crippen molar-refractivity contribution in [1.29, 1.82) is 5.26 Å². The molecule has 0 atom stereocenters. The summed E-state index contributed by atoms with van der Waals surface area (Å²) in [6, 6.07) is 4.46. The molecule has 68 valence electrons. The Bertz CT molecular complexity index is 342. The molecule has 0 saturated heterocycles. The molecule has 0 aliphatic rings. The van der Waals surface area contributed by atoms with Crippen LogP contribution in [-0.4, -0.2) is 4.98 Å². The molecule has 0 spiro atoms. The van der Waals surface area contributed by atoms with E-state index < -0.39 is 6.43 Å². The molecule has 4 heteroatoms. The van der Waals surface area contributed by atoms with E-state index in [-0.39, 0.29) is 12.0 Å². The van der Waals surface area contributed by atoms with Crippen molar-refractivity contribution in [1.82, 2.24) is 4.98 Å². The minimum Gasteiger partial charge on any atom is -0.257 e. The molecule has 0 aromatic carbocycles. The van der Waals surface area contributed by atoms with Crippen molar-refractivity contribution < 1.29 is 8.78 Å². The van der Waals surface area contributed by atoms with Crippen LogP contribution in [0, 0.1) is 18.3 Å². The summed E-state index contributed by atoms with van der Waals surface area (Å²) in [4.78, 5) is 3.95. The fraction of sp³-hybridized carbons (Fsp3) is 0.333. The minimum absolute atomic E-state index is 0.0708. The fourth-order valence-electron chi connectivity index (χ4n) is 1.06. The average molecular weight is 182 g/mol. The van der Waals surface area contributed by atoms with E-state index in [1.54, 1.807) is 6.92 Å². The Kier molecular flexibility index (Phi) is 2.91. The molecule has 0 unspecified atom stereocenters. The molecule has 1 heterocycles. The largest absolute Gasteiger partial charge is 0.263 e. The van der Waals surface area contributed by atoms with Crippen LogP contribution in [0.1, 0.15) is 23.4 Å². The highest BCUT2D eigenvalue weighted by Crippen LogP contribution is 2.19. The third-order valence-corrected chi connectivity index (χ3v) is 1.54. The summed E-state index contributed by atoms with van der Waals surface area (Å²) in [7, 11) is 0. The maximum atomic E-state index is 12.3. The van der Waals surface area contributed by atoms with Gasteiger partial charge in [-0.15, -0.1) is 0 Å². The van der Waals surface area contributed by atoms with E-state index in [1.807, 2.05) is 6.07 Å². The Labute approximate surface area is 74.8 Å². The molecule has 0 aliphatic carbocycles. The third-order valence-electron chi connectivity index (χ3n) is 1.54. The van der Waals surface area contributed by atoms with Crippen molar-refractivity contribution in [2.75, 3.05) is 0 Å². The van der Waals surface area contributed by atoms with Crippen LogP contribution in [-0.2, 0) is 6.42 Å². The Balaban J connectivity index is 3.05. The van der Waals surface area contributed by atoms with Gasteiger partial charge in [-0.1, -0.05) is 0 Å². The van der Waals surface area contributed by atoms with Crippen molar-refractivity contribution in [3.63, 3.8) is 0 Å². The second-order valence-electron chi connectivity index (χ2n) is 2.67. The summed E-state index contributed by atoms with van der Waals surface area (Å²) in [5.41, 5.74) is 0.846. The number of nitrogens with zero attached hydrogens (tertiary/aromatic N) is 2. The molecule has 2 nitrogen and oxygen atoms in total. The van der Waals surface area contributed by atoms with E-state index in [9.17, 15) is 8.78 Å². The zero-order chi connectivity index (χ0) is 9.84. The molecule has 0 amide bonds. The Morgan fingerprint density at radius 1 is 1.54 bits per heavy atom. The van der Waals surface area contributed by atoms with Crippen LogP contribution in [0.2, 0.25) is 0 Å². The van der Waals surface area contributed by atoms with Gasteiger partial charge in [0.2, 0.25) is 0 Å². The predicted molar refractivity (Wildman–Crippen MR) is 43.2 cm³/mol. The van der Waals surface area contributed by atoms with Gasteiger partial charge in [0.1, 0.15) is 0 Å². The molecular weight excluding hydrogens is 174 g/mol. The van der Waals surface area contributed by atoms with E-state index in [0.29, 0.717) is 11.4 Å². The Morgan fingerprint density at radius 2 is 2.23 bits per heavy atom. The number of rotatable bonds is 2. The number of aryl methyl sites for hydroxylation is 1. The van der Waals surface area contributed by atoms with Gasteiger partial charge < -0.3 is 0 Å². The van der Waals surface area contributed by atoms with Gasteiger partial charge in [-0.2, -0.15) is 5.26 Å². The topological polar surface area (TPSA) is 36.7 Å². The van der Waals surface area contributed by atoms with Crippen LogP contribution < -0.4 is 0 Å². The second kappa shape index (κ2) is 3.94. The molecular formula is C9H8F2N2. The van der Waals surface area contributed by atoms with Gasteiger partial charge >= 0.3 is 0 Å². The van der Waals surface area contributed by atoms with Crippen LogP contribution in [0.25, 0.3) is 0 Å². The van der Waals surface area contributed by atoms with E-state index in [0.717, 1.165) is 0 Å². The predicted octanol–water partition coefficient (Wildman–Crippen LogP) is 2.39. The van der Waals surface area contributed by atoms with Crippen LogP contribution in [0.4, 0.5) is 8.78 Å². The lowest BCUT2D eigenvalue weighted by Gasteiger charge is -2.02. The van der Waals surface area contributed by atoms with E-state index >= 15 is 0 Å². The highest BCUT2D eigenvalue weighted by molar-refractivity contribution is 5.23. The maximum absolute atomic E-state index is 12.3. The number of pyridine rings is 1. The molecule has 0 N–H and O–H groups in total. The molecule has 1 aromatic heterocycles. The molecule has 1 rings (SSSR count). The zero-order valence-corrected chi connectivity index (χ0v) is 7.09. The number of nitriles is 1. The number of hydrogen-bond acceptors (Lipinski definition) is 2. The molecule has 13 heavy (non-hydrogen) atoms. The standard InChI is InChI=1S/C9H8F2N2/c1-6-4-7(9(10)11)5-8(13-6)2-3-12/h4-5,9H,2H2,1H3. The molecule has 0 radical (unpaired) electrons. The SMILES string of the molecule is Cc1cc(C(F)F)cc(CC#N)n1. The highest BCUT2D eigenvalue weighted by atomic mass is 19.3. The molecule has 0 fully saturated rings. The van der Waals surface area contributed by atoms with Gasteiger partial charge in [-0.3, -0.25) is 4.98 Å². The Morgan fingerprint density at radius 3 is 2.77 bits per heavy atom. The van der Waals surface area contributed by atoms with Gasteiger partial charge in [0.25, 0.3) is 6.43 Å². The van der Waals surface area contributed by atoms with Gasteiger partial charge in [-0.05, 0) is 19.1 Å². The van der Waals surface area contributed by atoms with Crippen LogP contribution >= 0.6 is 0 Å². The number of alkyl halides is 2. The van der Waals surface area contributed by atoms with E-state index in [4.69, 9.17) is 5.26 Å². The van der Waals surface area contributed by atoms with Gasteiger partial charge in [-0.25, -0.2) is 8.78 Å². The molecule has 0 bridgehead atoms. The first-order chi connectivity index (χ1) is 6.13. The number of hydrogen-bond donors (Lipinski definition) is 0. The van der Waals surface area contributed by atoms with Crippen molar-refractivity contribution in [2.24, 2.45) is 0 Å². The first-order valence-electron chi connectivity index (χ1n) is 3.76. The Hall–Kier alpha value is -1.50. The lowest BCUT2D eigenvalue weighted by molar-refractivity contribution is 0.151. The summed E-state index contributed by atoms with van der Waals surface area (Å²) < 4.78 is 24.5. The van der Waals surface area contributed by atoms with E-state index in [2.05, 4.69) is 4.98 Å². The van der Waals surface area contributed by atoms with Crippen molar-refractivity contribution >= 4 is 0 Å². The highest BCUT2D eigenvalue weighted by Gasteiger charge is 2.09. The van der Waals surface area contributed by atoms with Gasteiger partial charge in [0, 0.05) is 11.3 Å². The number of halogens is 2. The van der Waals surface area contributed by atoms with Gasteiger partial charge in [0.05, 0.1) is 18.2 Å². The first kappa shape index (κ1) is 9.59. The smallest absolute Gasteiger partial charge is 0.257 e. The van der Waals surface area contributed by atoms with Crippen molar-refractivity contribution in [3.05, 3.63) is 29.1 Å². The third kappa shape index (κ3) is 2.48. The second-order valence-corrected chi connectivity index (χ2v) is 2.67. The van der Waals surface area contributed by atoms with E-state index in [1.165, 1.54) is 12.1 Å². The van der Waals surface area contributed by atoms with Crippen molar-refractivity contribution in [3.8, 4) is 6.07 Å². The zero-order valence-electron chi connectivity index (χ0n) is 7.09. The summed E-state index contributed by atoms with van der Waals surface area (Å²) in [6.07, 6.45) is -2.43. The summed E-state index contributed by atoms with van der Waals surface area (Å²) in [5.74, 6) is 0. The first-order valence-corrected chi connectivity index (χ1v) is 3.76. The van der Waals surface area contributed by atoms with Crippen LogP contribution in [0.15, 0.2) is 12.1 Å². The summed E-state index contributed by atoms with van der Waals surface area (Å²) >= 11 is 0. The van der Waals surface area contributed by atoms with Crippen LogP contribution in [0.3, 0.4) is 0 Å². The summed E-state index contributed by atoms with van der Waals surface area (Å²) in [6.45, 7) is 1.63. The fourth-order valence-corrected chi connectivity index (χ4v) is 1.06. The summed E-state index contributed by atoms with van der Waals surface area (Å²) in [5, 5.41) is 8.36. The number of aromatic nitrogens is 1. The average Bonchev–Trinajstić information content (AvgIpc) is 2.03. The van der Waals surface area contributed by atoms with Gasteiger partial charge in [0.15, 0.2) is 0 Å². The van der Waals surface area contributed by atoms with Crippen molar-refractivity contribution in [2.45, 2.75) is 19.8 Å². The molecule has 0 saturated carbocycles. The lowest BCUT2D eigenvalue weighted by atomic mass is 10.2. The quantitative estimate of drug-likeness (QED) is 0.704. The minimum atomic E-state index is -2.50. The normalized spacial score (nSPS) is 10.1. The van der Waals surface area contributed by atoms with Crippen LogP contribution in [0.5, 0.6) is 0 Å².